The average molecular weight is 288 g/mol. The Labute approximate surface area is 125 Å². The van der Waals surface area contributed by atoms with Crippen molar-refractivity contribution in [3.05, 3.63) is 11.8 Å². The third kappa shape index (κ3) is 3.10. The summed E-state index contributed by atoms with van der Waals surface area (Å²) in [5, 5.41) is 4.53. The molecule has 0 amide bonds. The molecule has 0 unspecified atom stereocenters. The van der Waals surface area contributed by atoms with E-state index in [1.807, 2.05) is 0 Å². The van der Waals surface area contributed by atoms with Gasteiger partial charge in [-0.1, -0.05) is 0 Å². The number of rotatable bonds is 5. The number of nitrogens with zero attached hydrogens (tertiary/aromatic N) is 4. The second-order valence-electron chi connectivity index (χ2n) is 6.01. The lowest BCUT2D eigenvalue weighted by Gasteiger charge is -2.17. The maximum Gasteiger partial charge on any atom is 0.229 e. The monoisotopic (exact) mass is 288 g/mol. The van der Waals surface area contributed by atoms with Gasteiger partial charge in [0.25, 0.3) is 0 Å². The largest absolute Gasteiger partial charge is 0.368 e. The first-order valence-corrected chi connectivity index (χ1v) is 7.64. The fourth-order valence-electron chi connectivity index (χ4n) is 2.72. The minimum absolute atomic E-state index is 0.842. The molecule has 21 heavy (non-hydrogen) atoms. The van der Waals surface area contributed by atoms with Crippen molar-refractivity contribution in [1.82, 2.24) is 19.9 Å². The predicted octanol–water partition coefficient (Wildman–Crippen LogP) is 1.84. The van der Waals surface area contributed by atoms with E-state index in [1.54, 1.807) is 0 Å². The van der Waals surface area contributed by atoms with Gasteiger partial charge < -0.3 is 20.1 Å². The van der Waals surface area contributed by atoms with Crippen LogP contribution in [0.25, 0.3) is 11.0 Å². The van der Waals surface area contributed by atoms with Crippen molar-refractivity contribution in [2.24, 2.45) is 0 Å². The molecule has 0 bridgehead atoms. The van der Waals surface area contributed by atoms with Crippen LogP contribution in [0.3, 0.4) is 0 Å². The number of H-pyrrole nitrogens is 1. The Kier molecular flexibility index (Phi) is 3.96. The zero-order valence-electron chi connectivity index (χ0n) is 13.1. The predicted molar refractivity (Wildman–Crippen MR) is 87.1 cm³/mol. The quantitative estimate of drug-likeness (QED) is 0.879. The molecular weight excluding hydrogens is 264 g/mol. The Bertz CT molecular complexity index is 612. The first-order chi connectivity index (χ1) is 10.1. The van der Waals surface area contributed by atoms with Crippen molar-refractivity contribution in [3.63, 3.8) is 0 Å². The second-order valence-corrected chi connectivity index (χ2v) is 6.01. The van der Waals surface area contributed by atoms with Crippen LogP contribution in [0.1, 0.15) is 18.5 Å². The Hall–Kier alpha value is -1.82. The van der Waals surface area contributed by atoms with Crippen LogP contribution in [-0.4, -0.2) is 60.1 Å². The van der Waals surface area contributed by atoms with Gasteiger partial charge >= 0.3 is 0 Å². The van der Waals surface area contributed by atoms with Crippen LogP contribution in [0, 0.1) is 6.92 Å². The molecule has 0 spiro atoms. The molecule has 2 aromatic rings. The van der Waals surface area contributed by atoms with E-state index in [-0.39, 0.29) is 0 Å². The SMILES string of the molecule is Cc1cc2c(NCCN(C)C)nc(N3CCCC3)nc2[nH]1. The van der Waals surface area contributed by atoms with Gasteiger partial charge in [0.05, 0.1) is 5.39 Å². The highest BCUT2D eigenvalue weighted by molar-refractivity contribution is 5.89. The lowest BCUT2D eigenvalue weighted by Crippen LogP contribution is -2.23. The Morgan fingerprint density at radius 1 is 1.29 bits per heavy atom. The van der Waals surface area contributed by atoms with E-state index < -0.39 is 0 Å². The normalized spacial score (nSPS) is 15.3. The summed E-state index contributed by atoms with van der Waals surface area (Å²) in [5.41, 5.74) is 2.05. The summed E-state index contributed by atoms with van der Waals surface area (Å²) in [5.74, 6) is 1.78. The number of anilines is 2. The van der Waals surface area contributed by atoms with Gasteiger partial charge in [0.1, 0.15) is 11.5 Å². The summed E-state index contributed by atoms with van der Waals surface area (Å²) >= 11 is 0. The number of nitrogens with one attached hydrogen (secondary N) is 2. The summed E-state index contributed by atoms with van der Waals surface area (Å²) < 4.78 is 0. The summed E-state index contributed by atoms with van der Waals surface area (Å²) in [6.07, 6.45) is 2.46. The van der Waals surface area contributed by atoms with Crippen LogP contribution in [0.15, 0.2) is 6.07 Å². The highest BCUT2D eigenvalue weighted by Gasteiger charge is 2.18. The summed E-state index contributed by atoms with van der Waals surface area (Å²) in [6, 6.07) is 2.11. The molecule has 2 N–H and O–H groups in total. The molecule has 1 aliphatic rings. The minimum Gasteiger partial charge on any atom is -0.368 e. The van der Waals surface area contributed by atoms with Crippen LogP contribution in [0.5, 0.6) is 0 Å². The summed E-state index contributed by atoms with van der Waals surface area (Å²) in [7, 11) is 4.15. The molecule has 0 radical (unpaired) electrons. The third-order valence-electron chi connectivity index (χ3n) is 3.85. The number of hydrogen-bond acceptors (Lipinski definition) is 5. The molecule has 0 aromatic carbocycles. The fraction of sp³-hybridized carbons (Fsp3) is 0.600. The molecule has 0 aliphatic carbocycles. The minimum atomic E-state index is 0.842. The molecule has 0 saturated carbocycles. The van der Waals surface area contributed by atoms with Gasteiger partial charge in [0, 0.05) is 31.9 Å². The van der Waals surface area contributed by atoms with E-state index in [2.05, 4.69) is 47.2 Å². The molecule has 1 fully saturated rings. The Morgan fingerprint density at radius 3 is 2.76 bits per heavy atom. The van der Waals surface area contributed by atoms with Gasteiger partial charge in [-0.15, -0.1) is 0 Å². The number of aryl methyl sites for hydroxylation is 1. The van der Waals surface area contributed by atoms with E-state index in [9.17, 15) is 0 Å². The first-order valence-electron chi connectivity index (χ1n) is 7.64. The van der Waals surface area contributed by atoms with Crippen molar-refractivity contribution in [1.29, 1.82) is 0 Å². The van der Waals surface area contributed by atoms with Crippen LogP contribution < -0.4 is 10.2 Å². The number of fused-ring (bicyclic) bond motifs is 1. The van der Waals surface area contributed by atoms with Gasteiger partial charge in [0.15, 0.2) is 0 Å². The van der Waals surface area contributed by atoms with Crippen molar-refractivity contribution in [3.8, 4) is 0 Å². The third-order valence-corrected chi connectivity index (χ3v) is 3.85. The van der Waals surface area contributed by atoms with E-state index in [4.69, 9.17) is 9.97 Å². The van der Waals surface area contributed by atoms with Crippen LogP contribution >= 0.6 is 0 Å². The van der Waals surface area contributed by atoms with E-state index in [0.717, 1.165) is 54.7 Å². The second kappa shape index (κ2) is 5.89. The molecular formula is C15H24N6. The Balaban J connectivity index is 1.90. The maximum atomic E-state index is 4.76. The molecule has 2 aromatic heterocycles. The fourth-order valence-corrected chi connectivity index (χ4v) is 2.72. The zero-order valence-corrected chi connectivity index (χ0v) is 13.1. The summed E-state index contributed by atoms with van der Waals surface area (Å²) in [4.78, 5) is 17.2. The number of aromatic amines is 1. The first kappa shape index (κ1) is 14.1. The maximum absolute atomic E-state index is 4.76. The van der Waals surface area contributed by atoms with E-state index in [1.165, 1.54) is 12.8 Å². The lowest BCUT2D eigenvalue weighted by molar-refractivity contribution is 0.425. The topological polar surface area (TPSA) is 60.1 Å². The van der Waals surface area contributed by atoms with Gasteiger partial charge in [0.2, 0.25) is 5.95 Å². The molecule has 3 heterocycles. The number of likely N-dealkylation sites (N-methyl/N-ethyl adjacent to an activating group) is 1. The van der Waals surface area contributed by atoms with Gasteiger partial charge in [-0.3, -0.25) is 0 Å². The van der Waals surface area contributed by atoms with E-state index >= 15 is 0 Å². The highest BCUT2D eigenvalue weighted by atomic mass is 15.3. The van der Waals surface area contributed by atoms with Crippen LogP contribution in [-0.2, 0) is 0 Å². The zero-order chi connectivity index (χ0) is 14.8. The van der Waals surface area contributed by atoms with Gasteiger partial charge in [-0.25, -0.2) is 0 Å². The molecule has 114 valence electrons. The number of aromatic nitrogens is 3. The van der Waals surface area contributed by atoms with E-state index in [0.29, 0.717) is 0 Å². The highest BCUT2D eigenvalue weighted by Crippen LogP contribution is 2.25. The standard InChI is InChI=1S/C15H24N6/c1-11-10-12-13(16-6-9-20(2)3)18-15(19-14(12)17-11)21-7-4-5-8-21/h10H,4-9H2,1-3H3,(H2,16,17,18,19). The van der Waals surface area contributed by atoms with Crippen molar-refractivity contribution < 1.29 is 0 Å². The smallest absolute Gasteiger partial charge is 0.229 e. The van der Waals surface area contributed by atoms with Crippen molar-refractivity contribution >= 4 is 22.8 Å². The molecule has 1 aliphatic heterocycles. The lowest BCUT2D eigenvalue weighted by atomic mass is 10.3. The van der Waals surface area contributed by atoms with Crippen LogP contribution in [0.2, 0.25) is 0 Å². The molecule has 3 rings (SSSR count). The average Bonchev–Trinajstić information content (AvgIpc) is 3.05. The van der Waals surface area contributed by atoms with Gasteiger partial charge in [-0.2, -0.15) is 9.97 Å². The molecule has 6 nitrogen and oxygen atoms in total. The van der Waals surface area contributed by atoms with Crippen LogP contribution in [0.4, 0.5) is 11.8 Å². The number of hydrogen-bond donors (Lipinski definition) is 2. The van der Waals surface area contributed by atoms with Gasteiger partial charge in [-0.05, 0) is 39.9 Å². The molecule has 0 atom stereocenters. The molecule has 1 saturated heterocycles. The molecule has 6 heteroatoms. The Morgan fingerprint density at radius 2 is 2.05 bits per heavy atom. The van der Waals surface area contributed by atoms with Crippen molar-refractivity contribution in [2.75, 3.05) is 50.5 Å². The van der Waals surface area contributed by atoms with Crippen molar-refractivity contribution in [2.45, 2.75) is 19.8 Å². The summed E-state index contributed by atoms with van der Waals surface area (Å²) in [6.45, 7) is 6.03.